The van der Waals surface area contributed by atoms with Crippen molar-refractivity contribution in [3.63, 3.8) is 0 Å². The van der Waals surface area contributed by atoms with E-state index in [0.29, 0.717) is 0 Å². The van der Waals surface area contributed by atoms with Gasteiger partial charge in [0.25, 0.3) is 0 Å². The molecule has 0 unspecified atom stereocenters. The zero-order chi connectivity index (χ0) is 38.2. The van der Waals surface area contributed by atoms with Gasteiger partial charge < -0.3 is 82.5 Å². The van der Waals surface area contributed by atoms with E-state index >= 15 is 0 Å². The van der Waals surface area contributed by atoms with Gasteiger partial charge in [-0.15, -0.1) is 0 Å². The Labute approximate surface area is 280 Å². The first-order chi connectivity index (χ1) is 22.3. The van der Waals surface area contributed by atoms with Crippen molar-refractivity contribution in [2.24, 2.45) is 17.2 Å². The molecule has 2 aliphatic heterocycles. The summed E-state index contributed by atoms with van der Waals surface area (Å²) in [4.78, 5) is 12.4. The minimum Gasteiger partial charge on any atom is -0.388 e. The SMILES string of the molecule is CN[C@@H]1[C@@H](O)[C@@H](O[C@@H]2[C@@H](O)[C@H](O[C@H]3O[C@H](CN)[C@@H](O)[C@H](O)[C@H]3O)[C@@H](N)C[C@H]2NC(=O)[C@@H](O)CN)OC[C@]1(C)O.O=S(=O)(O)O.O=S(=O)(O)O. The van der Waals surface area contributed by atoms with Crippen LogP contribution in [0.25, 0.3) is 0 Å². The lowest BCUT2D eigenvalue weighted by Crippen LogP contribution is -2.70. The van der Waals surface area contributed by atoms with Gasteiger partial charge in [-0.25, -0.2) is 0 Å². The number of carbonyl (C=O) groups is 1. The van der Waals surface area contributed by atoms with E-state index in [1.807, 2.05) is 0 Å². The minimum atomic E-state index is -4.67. The van der Waals surface area contributed by atoms with Gasteiger partial charge in [-0.3, -0.25) is 23.0 Å². The molecule has 3 aliphatic rings. The zero-order valence-electron chi connectivity index (χ0n) is 26.1. The quantitative estimate of drug-likeness (QED) is 0.0969. The Hall–Kier alpha value is -1.39. The first-order valence-corrected chi connectivity index (χ1v) is 17.0. The Balaban J connectivity index is 0.00000105. The van der Waals surface area contributed by atoms with Gasteiger partial charge in [0.15, 0.2) is 12.6 Å². The molecule has 0 spiro atoms. The maximum Gasteiger partial charge on any atom is 0.394 e. The molecule has 3 rings (SSSR count). The Morgan fingerprint density at radius 3 is 1.88 bits per heavy atom. The van der Waals surface area contributed by atoms with E-state index < -0.39 is 118 Å². The highest BCUT2D eigenvalue weighted by Crippen LogP contribution is 2.32. The number of nitrogens with two attached hydrogens (primary N) is 3. The lowest BCUT2D eigenvalue weighted by Gasteiger charge is -2.49. The number of hydrogen-bond donors (Lipinski definition) is 16. The van der Waals surface area contributed by atoms with Gasteiger partial charge in [-0.05, 0) is 20.4 Å². The van der Waals surface area contributed by atoms with Crippen molar-refractivity contribution in [3.05, 3.63) is 0 Å². The van der Waals surface area contributed by atoms with E-state index in [4.69, 9.17) is 71.2 Å². The highest BCUT2D eigenvalue weighted by molar-refractivity contribution is 7.80. The number of aliphatic hydroxyl groups is 7. The molecular formula is C22H47N5O20S2. The lowest BCUT2D eigenvalue weighted by atomic mass is 9.83. The van der Waals surface area contributed by atoms with Crippen molar-refractivity contribution in [2.45, 2.75) is 105 Å². The number of hydrogen-bond acceptors (Lipinski definition) is 20. The van der Waals surface area contributed by atoms with Gasteiger partial charge >= 0.3 is 20.8 Å². The average Bonchev–Trinajstić information content (AvgIpc) is 2.96. The molecule has 25 nitrogen and oxygen atoms in total. The number of nitrogens with one attached hydrogen (secondary N) is 2. The molecule has 27 heteroatoms. The van der Waals surface area contributed by atoms with E-state index in [-0.39, 0.29) is 26.1 Å². The summed E-state index contributed by atoms with van der Waals surface area (Å²) in [6, 6.07) is -2.92. The van der Waals surface area contributed by atoms with Crippen molar-refractivity contribution in [3.8, 4) is 0 Å². The average molecular weight is 766 g/mol. The first-order valence-electron chi connectivity index (χ1n) is 14.2. The lowest BCUT2D eigenvalue weighted by molar-refractivity contribution is -0.330. The fourth-order valence-corrected chi connectivity index (χ4v) is 5.22. The molecular weight excluding hydrogens is 718 g/mol. The van der Waals surface area contributed by atoms with Gasteiger partial charge in [-0.2, -0.15) is 16.8 Å². The van der Waals surface area contributed by atoms with Gasteiger partial charge in [0, 0.05) is 19.1 Å². The van der Waals surface area contributed by atoms with E-state index in [0.717, 1.165) is 0 Å². The van der Waals surface area contributed by atoms with E-state index in [1.54, 1.807) is 0 Å². The molecule has 0 radical (unpaired) electrons. The molecule has 3 fully saturated rings. The van der Waals surface area contributed by atoms with Crippen molar-refractivity contribution < 1.29 is 94.5 Å². The van der Waals surface area contributed by atoms with Crippen LogP contribution in [0.5, 0.6) is 0 Å². The fraction of sp³-hybridized carbons (Fsp3) is 0.955. The fourth-order valence-electron chi connectivity index (χ4n) is 5.22. The van der Waals surface area contributed by atoms with Crippen LogP contribution in [-0.2, 0) is 44.5 Å². The number of rotatable bonds is 9. The molecule has 0 bridgehead atoms. The van der Waals surface area contributed by atoms with Crippen LogP contribution in [0.1, 0.15) is 13.3 Å². The summed E-state index contributed by atoms with van der Waals surface area (Å²) in [5, 5.41) is 78.5. The van der Waals surface area contributed by atoms with Crippen molar-refractivity contribution in [1.29, 1.82) is 0 Å². The summed E-state index contributed by atoms with van der Waals surface area (Å²) in [6.45, 7) is 0.634. The summed E-state index contributed by atoms with van der Waals surface area (Å²) in [5.41, 5.74) is 15.8. The summed E-state index contributed by atoms with van der Waals surface area (Å²) < 4.78 is 85.9. The molecule has 292 valence electrons. The largest absolute Gasteiger partial charge is 0.394 e. The Bertz CT molecular complexity index is 1200. The minimum absolute atomic E-state index is 0.0836. The number of carbonyl (C=O) groups excluding carboxylic acids is 1. The molecule has 1 aliphatic carbocycles. The van der Waals surface area contributed by atoms with Crippen LogP contribution >= 0.6 is 0 Å². The smallest absolute Gasteiger partial charge is 0.388 e. The summed E-state index contributed by atoms with van der Waals surface area (Å²) in [5.74, 6) is -0.857. The maximum atomic E-state index is 12.4. The molecule has 49 heavy (non-hydrogen) atoms. The highest BCUT2D eigenvalue weighted by Gasteiger charge is 2.53. The number of ether oxygens (including phenoxy) is 4. The van der Waals surface area contributed by atoms with Gasteiger partial charge in [0.05, 0.1) is 18.7 Å². The molecule has 0 aromatic heterocycles. The monoisotopic (exact) mass is 765 g/mol. The summed E-state index contributed by atoms with van der Waals surface area (Å²) in [7, 11) is -7.81. The summed E-state index contributed by atoms with van der Waals surface area (Å²) in [6.07, 6.45) is -16.3. The number of amides is 1. The third-order valence-electron chi connectivity index (χ3n) is 7.50. The molecule has 15 atom stereocenters. The van der Waals surface area contributed by atoms with E-state index in [2.05, 4.69) is 10.6 Å². The van der Waals surface area contributed by atoms with Gasteiger partial charge in [0.1, 0.15) is 60.5 Å². The standard InChI is InChI=1S/C22H43N5O12.2H2O4S/c1-22(35)6-36-20(15(33)18(22)26-2)39-17-8(27-19(34)9(28)4-23)3-7(25)16(14(17)32)38-21-13(31)12(30)11(29)10(5-24)37-21;2*1-5(2,3)4/h7-18,20-21,26,28-33,35H,3-6,23-25H2,1-2H3,(H,27,34);2*(H2,1,2,3,4)/t7-,8+,9-,10+,11+,12-,13+,14-,15+,16+,17-,18+,20+,21+,22-;;/m0../s1. The topological polar surface area (TPSA) is 447 Å². The van der Waals surface area contributed by atoms with Gasteiger partial charge in [-0.1, -0.05) is 0 Å². The molecule has 0 aromatic rings. The molecule has 0 aromatic carbocycles. The van der Waals surface area contributed by atoms with Crippen LogP contribution in [0.4, 0.5) is 0 Å². The Kier molecular flexibility index (Phi) is 17.6. The van der Waals surface area contributed by atoms with Crippen molar-refractivity contribution in [2.75, 3.05) is 26.7 Å². The third kappa shape index (κ3) is 14.3. The van der Waals surface area contributed by atoms with Crippen molar-refractivity contribution >= 4 is 26.7 Å². The molecule has 19 N–H and O–H groups in total. The molecule has 2 heterocycles. The number of likely N-dealkylation sites (N-methyl/N-ethyl adjacent to an activating group) is 1. The zero-order valence-corrected chi connectivity index (χ0v) is 27.7. The molecule has 1 amide bonds. The second kappa shape index (κ2) is 18.9. The molecule has 1 saturated carbocycles. The molecule has 2 saturated heterocycles. The summed E-state index contributed by atoms with van der Waals surface area (Å²) >= 11 is 0. The van der Waals surface area contributed by atoms with Crippen LogP contribution in [0, 0.1) is 0 Å². The Morgan fingerprint density at radius 1 is 0.898 bits per heavy atom. The first kappa shape index (κ1) is 45.6. The van der Waals surface area contributed by atoms with Crippen LogP contribution in [0.2, 0.25) is 0 Å². The van der Waals surface area contributed by atoms with E-state index in [1.165, 1.54) is 14.0 Å². The highest BCUT2D eigenvalue weighted by atomic mass is 32.3. The predicted molar refractivity (Wildman–Crippen MR) is 159 cm³/mol. The second-order valence-electron chi connectivity index (χ2n) is 11.4. The van der Waals surface area contributed by atoms with Crippen LogP contribution in [-0.4, -0.2) is 195 Å². The van der Waals surface area contributed by atoms with Crippen molar-refractivity contribution in [1.82, 2.24) is 10.6 Å². The predicted octanol–water partition coefficient (Wildman–Crippen LogP) is -8.83. The van der Waals surface area contributed by atoms with E-state index in [9.17, 15) is 40.5 Å². The van der Waals surface area contributed by atoms with Crippen LogP contribution in [0.15, 0.2) is 0 Å². The maximum absolute atomic E-state index is 12.4. The normalized spacial score (nSPS) is 40.5. The third-order valence-corrected chi connectivity index (χ3v) is 7.50. The van der Waals surface area contributed by atoms with Crippen LogP contribution in [0.3, 0.4) is 0 Å². The number of aliphatic hydroxyl groups excluding tert-OH is 6. The van der Waals surface area contributed by atoms with Crippen LogP contribution < -0.4 is 27.8 Å². The van der Waals surface area contributed by atoms with Gasteiger partial charge in [0.2, 0.25) is 5.91 Å². The second-order valence-corrected chi connectivity index (χ2v) is 13.2. The Morgan fingerprint density at radius 2 is 1.41 bits per heavy atom.